The third kappa shape index (κ3) is 2.53. The molecule has 0 aromatic rings. The predicted molar refractivity (Wildman–Crippen MR) is 58.7 cm³/mol. The third-order valence-corrected chi connectivity index (χ3v) is 3.26. The van der Waals surface area contributed by atoms with E-state index in [0.717, 1.165) is 6.42 Å². The number of carbonyl (C=O) groups is 1. The molecule has 0 heterocycles. The molecular weight excluding hydrogens is 249 g/mol. The van der Waals surface area contributed by atoms with Crippen LogP contribution in [0.15, 0.2) is 12.2 Å². The van der Waals surface area contributed by atoms with Crippen LogP contribution in [0.4, 0.5) is 13.2 Å². The van der Waals surface area contributed by atoms with Gasteiger partial charge >= 0.3 is 12.1 Å². The Balaban J connectivity index is 3.11. The molecule has 0 aromatic heterocycles. The van der Waals surface area contributed by atoms with Crippen LogP contribution in [0.2, 0.25) is 0 Å². The van der Waals surface area contributed by atoms with Crippen LogP contribution < -0.4 is 0 Å². The number of rotatable bonds is 3. The van der Waals surface area contributed by atoms with Crippen LogP contribution in [0.1, 0.15) is 32.6 Å². The second-order valence-electron chi connectivity index (χ2n) is 4.44. The lowest BCUT2D eigenvalue weighted by Gasteiger charge is -2.38. The van der Waals surface area contributed by atoms with Crippen LogP contribution >= 0.6 is 0 Å². The first-order valence-corrected chi connectivity index (χ1v) is 5.89. The van der Waals surface area contributed by atoms with Crippen LogP contribution in [0.5, 0.6) is 0 Å². The molecule has 1 aliphatic carbocycles. The molecule has 2 atom stereocenters. The summed E-state index contributed by atoms with van der Waals surface area (Å²) < 4.78 is 43.5. The van der Waals surface area contributed by atoms with Crippen molar-refractivity contribution in [1.29, 1.82) is 0 Å². The summed E-state index contributed by atoms with van der Waals surface area (Å²) in [5.74, 6) is -2.95. The van der Waals surface area contributed by atoms with E-state index in [1.54, 1.807) is 0 Å². The summed E-state index contributed by atoms with van der Waals surface area (Å²) >= 11 is 0. The molecule has 6 heteroatoms. The van der Waals surface area contributed by atoms with Gasteiger partial charge in [-0.2, -0.15) is 13.2 Å². The van der Waals surface area contributed by atoms with Crippen molar-refractivity contribution in [2.75, 3.05) is 6.61 Å². The molecule has 0 unspecified atom stereocenters. The van der Waals surface area contributed by atoms with Crippen LogP contribution in [-0.4, -0.2) is 29.5 Å². The van der Waals surface area contributed by atoms with Crippen LogP contribution in [0.3, 0.4) is 0 Å². The Kier molecular flexibility index (Phi) is 4.42. The molecule has 1 N–H and O–H groups in total. The molecule has 0 saturated heterocycles. The second-order valence-corrected chi connectivity index (χ2v) is 4.44. The van der Waals surface area contributed by atoms with E-state index < -0.39 is 23.7 Å². The average Bonchev–Trinajstić information content (AvgIpc) is 2.27. The van der Waals surface area contributed by atoms with Gasteiger partial charge in [-0.15, -0.1) is 0 Å². The van der Waals surface area contributed by atoms with Crippen LogP contribution in [0.25, 0.3) is 0 Å². The fourth-order valence-electron chi connectivity index (χ4n) is 2.28. The van der Waals surface area contributed by atoms with Gasteiger partial charge in [0.2, 0.25) is 0 Å². The summed E-state index contributed by atoms with van der Waals surface area (Å²) in [5, 5.41) is 9.88. The lowest BCUT2D eigenvalue weighted by molar-refractivity contribution is -0.276. The fraction of sp³-hybridized carbons (Fsp3) is 0.750. The van der Waals surface area contributed by atoms with Gasteiger partial charge in [0, 0.05) is 5.92 Å². The van der Waals surface area contributed by atoms with E-state index in [9.17, 15) is 23.1 Å². The van der Waals surface area contributed by atoms with Crippen molar-refractivity contribution in [2.45, 2.75) is 44.4 Å². The summed E-state index contributed by atoms with van der Waals surface area (Å²) in [7, 11) is 0. The first-order valence-electron chi connectivity index (χ1n) is 5.89. The zero-order valence-corrected chi connectivity index (χ0v) is 10.2. The van der Waals surface area contributed by atoms with Gasteiger partial charge < -0.3 is 9.84 Å². The average molecular weight is 266 g/mol. The Morgan fingerprint density at radius 3 is 2.56 bits per heavy atom. The second kappa shape index (κ2) is 5.30. The monoisotopic (exact) mass is 266 g/mol. The summed E-state index contributed by atoms with van der Waals surface area (Å²) in [5.41, 5.74) is -3.21. The van der Waals surface area contributed by atoms with Gasteiger partial charge in [-0.1, -0.05) is 18.6 Å². The zero-order chi connectivity index (χ0) is 14.0. The van der Waals surface area contributed by atoms with Crippen molar-refractivity contribution >= 4 is 5.97 Å². The largest absolute Gasteiger partial charge is 0.464 e. The van der Waals surface area contributed by atoms with E-state index in [-0.39, 0.29) is 18.6 Å². The molecule has 0 bridgehead atoms. The van der Waals surface area contributed by atoms with Crippen molar-refractivity contribution < 1.29 is 27.8 Å². The van der Waals surface area contributed by atoms with E-state index in [1.807, 2.05) is 0 Å². The van der Waals surface area contributed by atoms with Gasteiger partial charge in [0.25, 0.3) is 5.60 Å². The molecule has 1 fully saturated rings. The topological polar surface area (TPSA) is 46.5 Å². The van der Waals surface area contributed by atoms with Crippen molar-refractivity contribution in [3.8, 4) is 0 Å². The lowest BCUT2D eigenvalue weighted by Crippen LogP contribution is -2.59. The van der Waals surface area contributed by atoms with Gasteiger partial charge in [0.1, 0.15) is 0 Å². The van der Waals surface area contributed by atoms with E-state index in [1.165, 1.54) is 6.92 Å². The smallest absolute Gasteiger partial charge is 0.428 e. The SMILES string of the molecule is C=C1CCCC[C@H]1[C@@](O)(C(=O)OCC)C(F)(F)F. The maximum atomic E-state index is 13.0. The fourth-order valence-corrected chi connectivity index (χ4v) is 2.28. The predicted octanol–water partition coefficient (Wildman–Crippen LogP) is 2.59. The van der Waals surface area contributed by atoms with Gasteiger partial charge in [-0.25, -0.2) is 4.79 Å². The number of alkyl halides is 3. The van der Waals surface area contributed by atoms with Crippen molar-refractivity contribution in [3.63, 3.8) is 0 Å². The Bertz CT molecular complexity index is 338. The molecular formula is C12H17F3O3. The normalized spacial score (nSPS) is 24.5. The number of aliphatic hydroxyl groups is 1. The molecule has 1 saturated carbocycles. The summed E-state index contributed by atoms with van der Waals surface area (Å²) in [4.78, 5) is 11.5. The number of esters is 1. The molecule has 104 valence electrons. The third-order valence-electron chi connectivity index (χ3n) is 3.26. The number of carbonyl (C=O) groups excluding carboxylic acids is 1. The molecule has 0 radical (unpaired) electrons. The Hall–Kier alpha value is -1.04. The summed E-state index contributed by atoms with van der Waals surface area (Å²) in [6, 6.07) is 0. The molecule has 0 aliphatic heterocycles. The van der Waals surface area contributed by atoms with Gasteiger partial charge in [-0.05, 0) is 26.2 Å². The minimum atomic E-state index is -5.07. The highest BCUT2D eigenvalue weighted by molar-refractivity contribution is 5.81. The highest BCUT2D eigenvalue weighted by atomic mass is 19.4. The Morgan fingerprint density at radius 1 is 1.50 bits per heavy atom. The maximum absolute atomic E-state index is 13.0. The van der Waals surface area contributed by atoms with E-state index in [2.05, 4.69) is 11.3 Å². The van der Waals surface area contributed by atoms with Crippen LogP contribution in [0, 0.1) is 5.92 Å². The number of hydrogen-bond acceptors (Lipinski definition) is 3. The quantitative estimate of drug-likeness (QED) is 0.631. The van der Waals surface area contributed by atoms with Crippen molar-refractivity contribution in [3.05, 3.63) is 12.2 Å². The summed E-state index contributed by atoms with van der Waals surface area (Å²) in [6.07, 6.45) is -3.33. The molecule has 0 aromatic carbocycles. The zero-order valence-electron chi connectivity index (χ0n) is 10.2. The van der Waals surface area contributed by atoms with Crippen molar-refractivity contribution in [2.24, 2.45) is 5.92 Å². The van der Waals surface area contributed by atoms with Gasteiger partial charge in [0.15, 0.2) is 0 Å². The van der Waals surface area contributed by atoms with E-state index >= 15 is 0 Å². The van der Waals surface area contributed by atoms with Crippen LogP contribution in [-0.2, 0) is 9.53 Å². The minimum Gasteiger partial charge on any atom is -0.464 e. The molecule has 18 heavy (non-hydrogen) atoms. The first kappa shape index (κ1) is 15.0. The van der Waals surface area contributed by atoms with Gasteiger partial charge in [0.05, 0.1) is 6.61 Å². The lowest BCUT2D eigenvalue weighted by atomic mass is 9.73. The highest BCUT2D eigenvalue weighted by Gasteiger charge is 2.65. The summed E-state index contributed by atoms with van der Waals surface area (Å²) in [6.45, 7) is 4.73. The Labute approximate surface area is 104 Å². The minimum absolute atomic E-state index is 0.0909. The highest BCUT2D eigenvalue weighted by Crippen LogP contribution is 2.45. The first-order chi connectivity index (χ1) is 8.25. The molecule has 1 rings (SSSR count). The maximum Gasteiger partial charge on any atom is 0.428 e. The van der Waals surface area contributed by atoms with E-state index in [4.69, 9.17) is 0 Å². The number of halogens is 3. The molecule has 1 aliphatic rings. The Morgan fingerprint density at radius 2 is 2.11 bits per heavy atom. The molecule has 3 nitrogen and oxygen atoms in total. The number of ether oxygens (including phenoxy) is 1. The molecule has 0 amide bonds. The molecule has 0 spiro atoms. The van der Waals surface area contributed by atoms with Gasteiger partial charge in [-0.3, -0.25) is 0 Å². The van der Waals surface area contributed by atoms with E-state index in [0.29, 0.717) is 12.8 Å². The standard InChI is InChI=1S/C12H17F3O3/c1-3-18-10(16)11(17,12(13,14)15)9-7-5-4-6-8(9)2/h9,17H,2-7H2,1H3/t9-,11-/m1/s1. The number of hydrogen-bond donors (Lipinski definition) is 1. The van der Waals surface area contributed by atoms with Crippen molar-refractivity contribution in [1.82, 2.24) is 0 Å².